The molecule has 0 bridgehead atoms. The van der Waals surface area contributed by atoms with Gasteiger partial charge in [0.15, 0.2) is 0 Å². The van der Waals surface area contributed by atoms with Crippen molar-refractivity contribution in [2.24, 2.45) is 5.73 Å². The van der Waals surface area contributed by atoms with Gasteiger partial charge in [0.05, 0.1) is 7.11 Å². The van der Waals surface area contributed by atoms with Crippen molar-refractivity contribution in [1.29, 1.82) is 0 Å². The van der Waals surface area contributed by atoms with Gasteiger partial charge in [-0.3, -0.25) is 0 Å². The van der Waals surface area contributed by atoms with E-state index in [2.05, 4.69) is 0 Å². The normalized spacial score (nSPS) is 10.4. The molecule has 0 aromatic heterocycles. The van der Waals surface area contributed by atoms with Gasteiger partial charge in [0, 0.05) is 11.1 Å². The lowest BCUT2D eigenvalue weighted by Crippen LogP contribution is -2.03. The molecule has 0 saturated heterocycles. The first-order valence-electron chi connectivity index (χ1n) is 5.88. The highest BCUT2D eigenvalue weighted by Crippen LogP contribution is 2.32. The summed E-state index contributed by atoms with van der Waals surface area (Å²) in [4.78, 5) is 0. The molecule has 0 unspecified atom stereocenters. The van der Waals surface area contributed by atoms with E-state index in [1.165, 1.54) is 6.07 Å². The van der Waals surface area contributed by atoms with Crippen molar-refractivity contribution in [3.8, 4) is 16.9 Å². The molecule has 2 rings (SSSR count). The quantitative estimate of drug-likeness (QED) is 0.898. The van der Waals surface area contributed by atoms with E-state index in [9.17, 15) is 4.39 Å². The Morgan fingerprint density at radius 3 is 2.61 bits per heavy atom. The second-order valence-corrected chi connectivity index (χ2v) is 4.05. The number of halogens is 1. The SMILES string of the molecule is COc1ccccc1-c1cc(CCN)ccc1F. The molecule has 0 heterocycles. The van der Waals surface area contributed by atoms with Gasteiger partial charge in [0.25, 0.3) is 0 Å². The van der Waals surface area contributed by atoms with Crippen LogP contribution in [0.4, 0.5) is 4.39 Å². The summed E-state index contributed by atoms with van der Waals surface area (Å²) >= 11 is 0. The van der Waals surface area contributed by atoms with E-state index in [1.54, 1.807) is 13.2 Å². The van der Waals surface area contributed by atoms with E-state index in [-0.39, 0.29) is 5.82 Å². The van der Waals surface area contributed by atoms with Crippen LogP contribution in [0.25, 0.3) is 11.1 Å². The summed E-state index contributed by atoms with van der Waals surface area (Å²) in [6, 6.07) is 12.5. The van der Waals surface area contributed by atoms with Crippen LogP contribution >= 0.6 is 0 Å². The number of nitrogens with two attached hydrogens (primary N) is 1. The zero-order valence-corrected chi connectivity index (χ0v) is 10.3. The van der Waals surface area contributed by atoms with E-state index in [0.717, 1.165) is 17.5 Å². The van der Waals surface area contributed by atoms with Gasteiger partial charge in [-0.1, -0.05) is 24.3 Å². The van der Waals surface area contributed by atoms with Gasteiger partial charge < -0.3 is 10.5 Å². The summed E-state index contributed by atoms with van der Waals surface area (Å²) in [7, 11) is 1.58. The monoisotopic (exact) mass is 245 g/mol. The maximum absolute atomic E-state index is 13.9. The molecule has 3 heteroatoms. The van der Waals surface area contributed by atoms with Crippen molar-refractivity contribution in [3.05, 3.63) is 53.8 Å². The number of para-hydroxylation sites is 1. The molecule has 0 amide bonds. The van der Waals surface area contributed by atoms with Crippen LogP contribution in [0.1, 0.15) is 5.56 Å². The van der Waals surface area contributed by atoms with Crippen molar-refractivity contribution >= 4 is 0 Å². The maximum Gasteiger partial charge on any atom is 0.131 e. The molecule has 94 valence electrons. The standard InChI is InChI=1S/C15H16FNO/c1-18-15-5-3-2-4-12(15)13-10-11(8-9-17)6-7-14(13)16/h2-7,10H,8-9,17H2,1H3. The molecule has 0 spiro atoms. The molecule has 0 saturated carbocycles. The maximum atomic E-state index is 13.9. The molecule has 0 radical (unpaired) electrons. The van der Waals surface area contributed by atoms with Gasteiger partial charge in [-0.05, 0) is 36.7 Å². The van der Waals surface area contributed by atoms with E-state index in [1.807, 2.05) is 30.3 Å². The average molecular weight is 245 g/mol. The van der Waals surface area contributed by atoms with Gasteiger partial charge in [-0.25, -0.2) is 4.39 Å². The minimum absolute atomic E-state index is 0.250. The van der Waals surface area contributed by atoms with Gasteiger partial charge in [0.1, 0.15) is 11.6 Å². The number of ether oxygens (including phenoxy) is 1. The number of rotatable bonds is 4. The molecule has 2 aromatic rings. The zero-order valence-electron chi connectivity index (χ0n) is 10.3. The van der Waals surface area contributed by atoms with Crippen LogP contribution in [-0.4, -0.2) is 13.7 Å². The number of benzene rings is 2. The molecule has 18 heavy (non-hydrogen) atoms. The fourth-order valence-electron chi connectivity index (χ4n) is 1.97. The Bertz CT molecular complexity index is 540. The van der Waals surface area contributed by atoms with E-state index < -0.39 is 0 Å². The lowest BCUT2D eigenvalue weighted by Gasteiger charge is -2.10. The Labute approximate surface area is 106 Å². The smallest absolute Gasteiger partial charge is 0.131 e. The second kappa shape index (κ2) is 5.65. The van der Waals surface area contributed by atoms with E-state index in [4.69, 9.17) is 10.5 Å². The zero-order chi connectivity index (χ0) is 13.0. The largest absolute Gasteiger partial charge is 0.496 e. The Morgan fingerprint density at radius 1 is 1.11 bits per heavy atom. The Balaban J connectivity index is 2.51. The van der Waals surface area contributed by atoms with Gasteiger partial charge >= 0.3 is 0 Å². The number of hydrogen-bond donors (Lipinski definition) is 1. The van der Waals surface area contributed by atoms with Gasteiger partial charge in [-0.15, -0.1) is 0 Å². The van der Waals surface area contributed by atoms with Gasteiger partial charge in [-0.2, -0.15) is 0 Å². The predicted molar refractivity (Wildman–Crippen MR) is 71.1 cm³/mol. The summed E-state index contributed by atoms with van der Waals surface area (Å²) in [5, 5.41) is 0. The number of methoxy groups -OCH3 is 1. The summed E-state index contributed by atoms with van der Waals surface area (Å²) in [6.07, 6.45) is 0.739. The van der Waals surface area contributed by atoms with Crippen molar-refractivity contribution in [2.45, 2.75) is 6.42 Å². The van der Waals surface area contributed by atoms with Crippen LogP contribution in [0, 0.1) is 5.82 Å². The fourth-order valence-corrected chi connectivity index (χ4v) is 1.97. The highest BCUT2D eigenvalue weighted by Gasteiger charge is 2.10. The molecular formula is C15H16FNO. The first-order valence-corrected chi connectivity index (χ1v) is 5.88. The minimum Gasteiger partial charge on any atom is -0.496 e. The first kappa shape index (κ1) is 12.6. The van der Waals surface area contributed by atoms with E-state index >= 15 is 0 Å². The molecule has 2 aromatic carbocycles. The van der Waals surface area contributed by atoms with Crippen molar-refractivity contribution in [1.82, 2.24) is 0 Å². The third kappa shape index (κ3) is 2.51. The fraction of sp³-hybridized carbons (Fsp3) is 0.200. The highest BCUT2D eigenvalue weighted by molar-refractivity contribution is 5.71. The highest BCUT2D eigenvalue weighted by atomic mass is 19.1. The first-order chi connectivity index (χ1) is 8.76. The molecular weight excluding hydrogens is 229 g/mol. The van der Waals surface area contributed by atoms with Crippen molar-refractivity contribution in [2.75, 3.05) is 13.7 Å². The summed E-state index contributed by atoms with van der Waals surface area (Å²) in [6.45, 7) is 0.553. The van der Waals surface area contributed by atoms with Crippen LogP contribution in [-0.2, 0) is 6.42 Å². The van der Waals surface area contributed by atoms with Crippen molar-refractivity contribution < 1.29 is 9.13 Å². The van der Waals surface area contributed by atoms with Crippen LogP contribution in [0.5, 0.6) is 5.75 Å². The molecule has 0 aliphatic heterocycles. The lowest BCUT2D eigenvalue weighted by molar-refractivity contribution is 0.416. The third-order valence-electron chi connectivity index (χ3n) is 2.86. The predicted octanol–water partition coefficient (Wildman–Crippen LogP) is 3.00. The van der Waals surface area contributed by atoms with E-state index in [0.29, 0.717) is 17.9 Å². The summed E-state index contributed by atoms with van der Waals surface area (Å²) in [5.41, 5.74) is 7.87. The van der Waals surface area contributed by atoms with Crippen LogP contribution in [0.3, 0.4) is 0 Å². The minimum atomic E-state index is -0.250. The molecule has 0 atom stereocenters. The molecule has 2 N–H and O–H groups in total. The topological polar surface area (TPSA) is 35.2 Å². The molecule has 0 aliphatic carbocycles. The Kier molecular flexibility index (Phi) is 3.95. The van der Waals surface area contributed by atoms with Crippen molar-refractivity contribution in [3.63, 3.8) is 0 Å². The third-order valence-corrected chi connectivity index (χ3v) is 2.86. The molecule has 2 nitrogen and oxygen atoms in total. The molecule has 0 fully saturated rings. The Morgan fingerprint density at radius 2 is 1.89 bits per heavy atom. The Hall–Kier alpha value is -1.87. The second-order valence-electron chi connectivity index (χ2n) is 4.05. The van der Waals surface area contributed by atoms with Gasteiger partial charge in [0.2, 0.25) is 0 Å². The van der Waals surface area contributed by atoms with Crippen LogP contribution in [0.2, 0.25) is 0 Å². The number of hydrogen-bond acceptors (Lipinski definition) is 2. The average Bonchev–Trinajstić information content (AvgIpc) is 2.41. The van der Waals surface area contributed by atoms with Crippen LogP contribution < -0.4 is 10.5 Å². The lowest BCUT2D eigenvalue weighted by atomic mass is 10.0. The van der Waals surface area contributed by atoms with Crippen LogP contribution in [0.15, 0.2) is 42.5 Å². The molecule has 0 aliphatic rings. The summed E-state index contributed by atoms with van der Waals surface area (Å²) in [5.74, 6) is 0.418. The summed E-state index contributed by atoms with van der Waals surface area (Å²) < 4.78 is 19.2.